The summed E-state index contributed by atoms with van der Waals surface area (Å²) in [6.45, 7) is 2.85. The van der Waals surface area contributed by atoms with Crippen LogP contribution in [0.3, 0.4) is 0 Å². The number of unbranched alkanes of at least 4 members (excludes halogenated alkanes) is 6. The van der Waals surface area contributed by atoms with Gasteiger partial charge < -0.3 is 9.84 Å². The zero-order valence-corrected chi connectivity index (χ0v) is 13.6. The van der Waals surface area contributed by atoms with E-state index in [0.717, 1.165) is 10.9 Å². The maximum Gasteiger partial charge on any atom is 0.335 e. The second kappa shape index (κ2) is 9.81. The van der Waals surface area contributed by atoms with Crippen LogP contribution in [0, 0.1) is 0 Å². The Hall–Kier alpha value is -1.03. The van der Waals surface area contributed by atoms with Crippen LogP contribution in [0.15, 0.2) is 22.7 Å². The van der Waals surface area contributed by atoms with Crippen molar-refractivity contribution in [3.63, 3.8) is 0 Å². The zero-order valence-electron chi connectivity index (χ0n) is 12.0. The van der Waals surface area contributed by atoms with Gasteiger partial charge in [0.2, 0.25) is 0 Å². The Kier molecular flexibility index (Phi) is 8.35. The first-order chi connectivity index (χ1) is 9.65. The predicted octanol–water partition coefficient (Wildman–Crippen LogP) is 5.28. The third kappa shape index (κ3) is 6.42. The van der Waals surface area contributed by atoms with Crippen LogP contribution in [-0.2, 0) is 0 Å². The number of ether oxygens (including phenoxy) is 1. The molecule has 0 atom stereocenters. The average molecular weight is 343 g/mol. The second-order valence-electron chi connectivity index (χ2n) is 4.92. The molecule has 4 heteroatoms. The average Bonchev–Trinajstić information content (AvgIpc) is 2.43. The molecule has 1 rings (SSSR count). The van der Waals surface area contributed by atoms with Gasteiger partial charge in [-0.2, -0.15) is 0 Å². The highest BCUT2D eigenvalue weighted by Gasteiger charge is 2.07. The summed E-state index contributed by atoms with van der Waals surface area (Å²) in [6.07, 6.45) is 8.65. The summed E-state index contributed by atoms with van der Waals surface area (Å²) < 4.78 is 6.44. The highest BCUT2D eigenvalue weighted by molar-refractivity contribution is 9.10. The molecular formula is C16H23BrO3. The minimum absolute atomic E-state index is 0.253. The summed E-state index contributed by atoms with van der Waals surface area (Å²) in [4.78, 5) is 10.9. The largest absolute Gasteiger partial charge is 0.492 e. The number of rotatable bonds is 10. The number of carbonyl (C=O) groups is 1. The monoisotopic (exact) mass is 342 g/mol. The molecule has 0 spiro atoms. The van der Waals surface area contributed by atoms with Gasteiger partial charge in [0.1, 0.15) is 5.75 Å². The van der Waals surface area contributed by atoms with Crippen LogP contribution in [0.1, 0.15) is 62.2 Å². The van der Waals surface area contributed by atoms with Gasteiger partial charge >= 0.3 is 5.97 Å². The van der Waals surface area contributed by atoms with Gasteiger partial charge in [0, 0.05) is 0 Å². The highest BCUT2D eigenvalue weighted by Crippen LogP contribution is 2.26. The predicted molar refractivity (Wildman–Crippen MR) is 84.6 cm³/mol. The van der Waals surface area contributed by atoms with Crippen LogP contribution in [-0.4, -0.2) is 17.7 Å². The number of aromatic carboxylic acids is 1. The van der Waals surface area contributed by atoms with Crippen molar-refractivity contribution in [1.29, 1.82) is 0 Å². The van der Waals surface area contributed by atoms with Crippen LogP contribution < -0.4 is 4.74 Å². The number of hydrogen-bond acceptors (Lipinski definition) is 2. The number of halogens is 1. The van der Waals surface area contributed by atoms with Crippen molar-refractivity contribution in [2.24, 2.45) is 0 Å². The standard InChI is InChI=1S/C16H23BrO3/c1-2-3-4-5-6-7-8-11-20-15-12-13(16(18)19)9-10-14(15)17/h9-10,12H,2-8,11H2,1H3,(H,18,19). The van der Waals surface area contributed by atoms with E-state index in [0.29, 0.717) is 12.4 Å². The van der Waals surface area contributed by atoms with Crippen molar-refractivity contribution >= 4 is 21.9 Å². The van der Waals surface area contributed by atoms with Gasteiger partial charge in [-0.05, 0) is 40.5 Å². The maximum absolute atomic E-state index is 10.9. The first-order valence-corrected chi connectivity index (χ1v) is 8.10. The number of carboxylic acids is 1. The van der Waals surface area contributed by atoms with E-state index in [-0.39, 0.29) is 5.56 Å². The molecule has 1 aromatic carbocycles. The van der Waals surface area contributed by atoms with E-state index in [2.05, 4.69) is 22.9 Å². The molecule has 1 N–H and O–H groups in total. The Morgan fingerprint density at radius 1 is 1.15 bits per heavy atom. The van der Waals surface area contributed by atoms with Crippen LogP contribution in [0.2, 0.25) is 0 Å². The lowest BCUT2D eigenvalue weighted by Gasteiger charge is -2.09. The van der Waals surface area contributed by atoms with Crippen LogP contribution in [0.25, 0.3) is 0 Å². The fourth-order valence-corrected chi connectivity index (χ4v) is 2.35. The molecule has 0 saturated heterocycles. The van der Waals surface area contributed by atoms with Gasteiger partial charge in [-0.15, -0.1) is 0 Å². The van der Waals surface area contributed by atoms with Crippen LogP contribution in [0.5, 0.6) is 5.75 Å². The number of hydrogen-bond donors (Lipinski definition) is 1. The Morgan fingerprint density at radius 3 is 2.45 bits per heavy atom. The van der Waals surface area contributed by atoms with Gasteiger partial charge in [0.15, 0.2) is 0 Å². The van der Waals surface area contributed by atoms with Crippen molar-refractivity contribution in [3.8, 4) is 5.75 Å². The van der Waals surface area contributed by atoms with Gasteiger partial charge in [-0.25, -0.2) is 4.79 Å². The Morgan fingerprint density at radius 2 is 1.80 bits per heavy atom. The van der Waals surface area contributed by atoms with E-state index < -0.39 is 5.97 Å². The summed E-state index contributed by atoms with van der Waals surface area (Å²) in [5.74, 6) is -0.325. The van der Waals surface area contributed by atoms with E-state index in [1.54, 1.807) is 18.2 Å². The highest BCUT2D eigenvalue weighted by atomic mass is 79.9. The van der Waals surface area contributed by atoms with Gasteiger partial charge in [0.05, 0.1) is 16.6 Å². The summed E-state index contributed by atoms with van der Waals surface area (Å²) in [7, 11) is 0. The van der Waals surface area contributed by atoms with Gasteiger partial charge in [-0.1, -0.05) is 45.4 Å². The minimum atomic E-state index is -0.932. The SMILES string of the molecule is CCCCCCCCCOc1cc(C(=O)O)ccc1Br. The molecule has 0 saturated carbocycles. The molecule has 3 nitrogen and oxygen atoms in total. The zero-order chi connectivity index (χ0) is 14.8. The summed E-state index contributed by atoms with van der Waals surface area (Å²) in [6, 6.07) is 4.84. The molecule has 0 aliphatic rings. The molecule has 0 radical (unpaired) electrons. The first-order valence-electron chi connectivity index (χ1n) is 7.30. The third-order valence-corrected chi connectivity index (χ3v) is 3.84. The summed E-state index contributed by atoms with van der Waals surface area (Å²) >= 11 is 3.37. The minimum Gasteiger partial charge on any atom is -0.492 e. The van der Waals surface area contributed by atoms with Crippen LogP contribution in [0.4, 0.5) is 0 Å². The molecule has 0 aliphatic heterocycles. The molecule has 0 fully saturated rings. The lowest BCUT2D eigenvalue weighted by atomic mass is 10.1. The molecule has 112 valence electrons. The lowest BCUT2D eigenvalue weighted by molar-refractivity contribution is 0.0696. The second-order valence-corrected chi connectivity index (χ2v) is 5.77. The Labute approximate surface area is 129 Å². The quantitative estimate of drug-likeness (QED) is 0.588. The van der Waals surface area contributed by atoms with Gasteiger partial charge in [0.25, 0.3) is 0 Å². The van der Waals surface area contributed by atoms with Crippen molar-refractivity contribution in [2.75, 3.05) is 6.61 Å². The fourth-order valence-electron chi connectivity index (χ4n) is 1.99. The smallest absolute Gasteiger partial charge is 0.335 e. The first kappa shape index (κ1) is 17.0. The number of carboxylic acid groups (broad SMARTS) is 1. The van der Waals surface area contributed by atoms with Crippen molar-refractivity contribution in [3.05, 3.63) is 28.2 Å². The van der Waals surface area contributed by atoms with Crippen molar-refractivity contribution in [2.45, 2.75) is 51.9 Å². The van der Waals surface area contributed by atoms with Crippen LogP contribution >= 0.6 is 15.9 Å². The molecule has 0 aromatic heterocycles. The van der Waals surface area contributed by atoms with Crippen molar-refractivity contribution in [1.82, 2.24) is 0 Å². The number of benzene rings is 1. The van der Waals surface area contributed by atoms with E-state index in [4.69, 9.17) is 9.84 Å². The molecule has 1 aromatic rings. The molecular weight excluding hydrogens is 320 g/mol. The summed E-state index contributed by atoms with van der Waals surface area (Å²) in [5, 5.41) is 8.94. The molecule has 0 aliphatic carbocycles. The van der Waals surface area contributed by atoms with E-state index in [1.165, 1.54) is 38.5 Å². The van der Waals surface area contributed by atoms with Gasteiger partial charge in [-0.3, -0.25) is 0 Å². The fraction of sp³-hybridized carbons (Fsp3) is 0.562. The van der Waals surface area contributed by atoms with E-state index in [9.17, 15) is 4.79 Å². The molecule has 0 bridgehead atoms. The molecule has 0 heterocycles. The molecule has 0 unspecified atom stereocenters. The molecule has 20 heavy (non-hydrogen) atoms. The normalized spacial score (nSPS) is 10.5. The topological polar surface area (TPSA) is 46.5 Å². The Bertz CT molecular complexity index is 418. The third-order valence-electron chi connectivity index (χ3n) is 3.18. The van der Waals surface area contributed by atoms with E-state index in [1.807, 2.05) is 0 Å². The van der Waals surface area contributed by atoms with Crippen molar-refractivity contribution < 1.29 is 14.6 Å². The molecule has 0 amide bonds. The van der Waals surface area contributed by atoms with E-state index >= 15 is 0 Å². The lowest BCUT2D eigenvalue weighted by Crippen LogP contribution is -2.01. The Balaban J connectivity index is 2.24. The maximum atomic E-state index is 10.9. The summed E-state index contributed by atoms with van der Waals surface area (Å²) in [5.41, 5.74) is 0.253.